The molecule has 4 unspecified atom stereocenters. The number of allylic oxidation sites excluding steroid dienone is 6. The first kappa shape index (κ1) is 71.5. The molecule has 0 aromatic carbocycles. The molecule has 0 aromatic heterocycles. The van der Waals surface area contributed by atoms with E-state index in [1.165, 1.54) is 283 Å². The van der Waals surface area contributed by atoms with E-state index in [1.54, 1.807) is 0 Å². The van der Waals surface area contributed by atoms with Crippen molar-refractivity contribution in [2.45, 2.75) is 379 Å². The number of nitrogens with one attached hydrogen (secondary N) is 1. The first-order chi connectivity index (χ1) is 36.0. The molecule has 0 radical (unpaired) electrons. The predicted octanol–water partition coefficient (Wildman–Crippen LogP) is 19.9. The molecule has 0 spiro atoms. The van der Waals surface area contributed by atoms with Crippen molar-refractivity contribution in [3.63, 3.8) is 0 Å². The van der Waals surface area contributed by atoms with Crippen molar-refractivity contribution in [2.24, 2.45) is 0 Å². The molecule has 0 aliphatic heterocycles. The van der Waals surface area contributed by atoms with Crippen LogP contribution in [0.4, 0.5) is 0 Å². The quantitative estimate of drug-likeness (QED) is 0.0308. The Hall–Kier alpha value is -1.47. The van der Waals surface area contributed by atoms with Gasteiger partial charge in [-0.1, -0.05) is 314 Å². The lowest BCUT2D eigenvalue weighted by molar-refractivity contribution is -0.132. The van der Waals surface area contributed by atoms with Crippen LogP contribution in [0.3, 0.4) is 0 Å². The number of carbonyl (C=O) groups excluding carboxylic acids is 1. The molecule has 432 valence electrons. The number of amides is 1. The molecule has 0 saturated carbocycles. The summed E-state index contributed by atoms with van der Waals surface area (Å²) in [5.74, 6) is -0.593. The minimum atomic E-state index is -1.29. The summed E-state index contributed by atoms with van der Waals surface area (Å²) < 4.78 is 0. The summed E-state index contributed by atoms with van der Waals surface area (Å²) in [5, 5.41) is 44.0. The molecule has 6 heteroatoms. The zero-order valence-corrected chi connectivity index (χ0v) is 49.2. The van der Waals surface area contributed by atoms with Gasteiger partial charge in [0.15, 0.2) is 0 Å². The first-order valence-corrected chi connectivity index (χ1v) is 32.9. The molecule has 0 aliphatic rings. The van der Waals surface area contributed by atoms with Crippen LogP contribution in [-0.4, -0.2) is 57.3 Å². The number of aliphatic hydroxyl groups excluding tert-OH is 4. The van der Waals surface area contributed by atoms with E-state index in [4.69, 9.17) is 0 Å². The molecule has 0 heterocycles. The summed E-state index contributed by atoms with van der Waals surface area (Å²) in [6.45, 7) is 4.08. The molecule has 0 bridgehead atoms. The van der Waals surface area contributed by atoms with E-state index in [2.05, 4.69) is 55.6 Å². The molecule has 0 fully saturated rings. The van der Waals surface area contributed by atoms with Crippen molar-refractivity contribution in [1.82, 2.24) is 5.32 Å². The fraction of sp³-hybridized carbons (Fsp3) is 0.896. The molecular formula is C67H129NO5. The third kappa shape index (κ3) is 55.1. The maximum atomic E-state index is 12.6. The van der Waals surface area contributed by atoms with Crippen LogP contribution in [0.2, 0.25) is 0 Å². The second kappa shape index (κ2) is 61.4. The van der Waals surface area contributed by atoms with E-state index in [1.807, 2.05) is 0 Å². The van der Waals surface area contributed by atoms with Crippen molar-refractivity contribution < 1.29 is 25.2 Å². The van der Waals surface area contributed by atoms with Gasteiger partial charge >= 0.3 is 0 Å². The van der Waals surface area contributed by atoms with Gasteiger partial charge in [-0.3, -0.25) is 4.79 Å². The van der Waals surface area contributed by atoms with Gasteiger partial charge in [0.25, 0.3) is 0 Å². The van der Waals surface area contributed by atoms with Gasteiger partial charge in [-0.25, -0.2) is 0 Å². The summed E-state index contributed by atoms with van der Waals surface area (Å²) in [6, 6.07) is -1.01. The van der Waals surface area contributed by atoms with Crippen LogP contribution in [0.5, 0.6) is 0 Å². The Morgan fingerprint density at radius 1 is 0.329 bits per heavy atom. The van der Waals surface area contributed by atoms with Gasteiger partial charge in [0.2, 0.25) is 5.91 Å². The molecule has 0 rings (SSSR count). The first-order valence-electron chi connectivity index (χ1n) is 32.9. The van der Waals surface area contributed by atoms with E-state index in [0.29, 0.717) is 19.3 Å². The number of rotatable bonds is 61. The summed E-state index contributed by atoms with van der Waals surface area (Å²) in [6.07, 6.45) is 78.4. The second-order valence-electron chi connectivity index (χ2n) is 22.8. The van der Waals surface area contributed by atoms with Gasteiger partial charge in [0, 0.05) is 0 Å². The largest absolute Gasteiger partial charge is 0.394 e. The van der Waals surface area contributed by atoms with Gasteiger partial charge < -0.3 is 25.7 Å². The minimum Gasteiger partial charge on any atom is -0.394 e. The maximum absolute atomic E-state index is 12.6. The van der Waals surface area contributed by atoms with Gasteiger partial charge in [-0.2, -0.15) is 0 Å². The Morgan fingerprint density at radius 3 is 0.863 bits per heavy atom. The topological polar surface area (TPSA) is 110 Å². The van der Waals surface area contributed by atoms with Gasteiger partial charge in [-0.15, -0.1) is 0 Å². The van der Waals surface area contributed by atoms with Crippen LogP contribution in [0.1, 0.15) is 354 Å². The van der Waals surface area contributed by atoms with Crippen LogP contribution >= 0.6 is 0 Å². The zero-order chi connectivity index (χ0) is 53.0. The third-order valence-electron chi connectivity index (χ3n) is 15.6. The highest BCUT2D eigenvalue weighted by atomic mass is 16.3. The highest BCUT2D eigenvalue weighted by Gasteiger charge is 2.28. The van der Waals surface area contributed by atoms with Crippen LogP contribution in [0, 0.1) is 0 Å². The smallest absolute Gasteiger partial charge is 0.249 e. The molecule has 5 N–H and O–H groups in total. The van der Waals surface area contributed by atoms with Crippen LogP contribution in [-0.2, 0) is 4.79 Å². The molecular weight excluding hydrogens is 899 g/mol. The number of unbranched alkanes of at least 4 members (excludes halogenated alkanes) is 46. The summed E-state index contributed by atoms with van der Waals surface area (Å²) in [5.41, 5.74) is 0. The highest BCUT2D eigenvalue weighted by Crippen LogP contribution is 2.18. The van der Waals surface area contributed by atoms with E-state index in [9.17, 15) is 25.2 Å². The van der Waals surface area contributed by atoms with Crippen LogP contribution in [0.25, 0.3) is 0 Å². The second-order valence-corrected chi connectivity index (χ2v) is 22.8. The van der Waals surface area contributed by atoms with Crippen molar-refractivity contribution in [2.75, 3.05) is 6.61 Å². The molecule has 0 saturated heterocycles. The van der Waals surface area contributed by atoms with Gasteiger partial charge in [-0.05, 0) is 77.0 Å². The van der Waals surface area contributed by atoms with Crippen molar-refractivity contribution in [1.29, 1.82) is 0 Å². The number of aliphatic hydroxyl groups is 4. The van der Waals surface area contributed by atoms with Crippen molar-refractivity contribution >= 4 is 5.91 Å². The van der Waals surface area contributed by atoms with Gasteiger partial charge in [0.1, 0.15) is 12.2 Å². The highest BCUT2D eigenvalue weighted by molar-refractivity contribution is 5.80. The fourth-order valence-electron chi connectivity index (χ4n) is 10.4. The zero-order valence-electron chi connectivity index (χ0n) is 49.2. The van der Waals surface area contributed by atoms with Crippen molar-refractivity contribution in [3.05, 3.63) is 36.5 Å². The van der Waals surface area contributed by atoms with Crippen molar-refractivity contribution in [3.8, 4) is 0 Å². The third-order valence-corrected chi connectivity index (χ3v) is 15.6. The molecule has 1 amide bonds. The van der Waals surface area contributed by atoms with Gasteiger partial charge in [0.05, 0.1) is 18.8 Å². The normalized spacial score (nSPS) is 13.8. The lowest BCUT2D eigenvalue weighted by atomic mass is 10.00. The Morgan fingerprint density at radius 2 is 0.575 bits per heavy atom. The van der Waals surface area contributed by atoms with E-state index in [0.717, 1.165) is 38.5 Å². The Labute approximate surface area is 456 Å². The van der Waals surface area contributed by atoms with Crippen LogP contribution in [0.15, 0.2) is 36.5 Å². The number of hydrogen-bond acceptors (Lipinski definition) is 5. The van der Waals surface area contributed by atoms with E-state index in [-0.39, 0.29) is 0 Å². The molecule has 6 nitrogen and oxygen atoms in total. The fourth-order valence-corrected chi connectivity index (χ4v) is 10.4. The van der Waals surface area contributed by atoms with E-state index >= 15 is 0 Å². The minimum absolute atomic E-state index is 0.362. The lowest BCUT2D eigenvalue weighted by Gasteiger charge is -2.27. The monoisotopic (exact) mass is 1030 g/mol. The van der Waals surface area contributed by atoms with E-state index < -0.39 is 36.9 Å². The summed E-state index contributed by atoms with van der Waals surface area (Å²) in [4.78, 5) is 12.6. The molecule has 73 heavy (non-hydrogen) atoms. The average Bonchev–Trinajstić information content (AvgIpc) is 3.40. The summed E-state index contributed by atoms with van der Waals surface area (Å²) in [7, 11) is 0. The molecule has 4 atom stereocenters. The molecule has 0 aromatic rings. The summed E-state index contributed by atoms with van der Waals surface area (Å²) >= 11 is 0. The predicted molar refractivity (Wildman–Crippen MR) is 321 cm³/mol. The lowest BCUT2D eigenvalue weighted by Crippen LogP contribution is -2.53. The SMILES string of the molecule is CCCCCCCCCCCC/C=C/CC/C=C/CCCC(O)C(O)C(CO)NC(=O)C(O)CCCCCCCCCCCCCCCCCC/C=C\CCCCCCCCCCCCCCCCCCCC. The standard InChI is InChI=1S/C67H129NO5/c1-3-5-7-9-11-13-15-17-19-21-23-24-25-26-27-28-29-30-31-32-33-34-35-36-37-38-39-40-41-43-45-47-49-51-53-55-57-59-61-65(71)67(73)68-63(62-69)66(72)64(70)60-58-56-54-52-50-48-46-44-42-22-20-18-16-14-12-10-8-6-4-2/h32-33,44,46,52,54,63-66,69-72H,3-31,34-43,45,47-51,53,55-62H2,1-2H3,(H,68,73)/b33-32-,46-44+,54-52+. The Kier molecular flexibility index (Phi) is 60.1. The maximum Gasteiger partial charge on any atom is 0.249 e. The number of hydrogen-bond donors (Lipinski definition) is 5. The number of carbonyl (C=O) groups is 1. The Balaban J connectivity index is 3.55. The average molecular weight is 1030 g/mol. The Bertz CT molecular complexity index is 1150. The molecule has 0 aliphatic carbocycles. The van der Waals surface area contributed by atoms with Crippen LogP contribution < -0.4 is 5.32 Å².